The van der Waals surface area contributed by atoms with Crippen molar-refractivity contribution in [2.24, 2.45) is 0 Å². The monoisotopic (exact) mass is 1190 g/mol. The number of ether oxygens (including phenoxy) is 2. The Morgan fingerprint density at radius 3 is 1.08 bits per heavy atom. The molecule has 1 rings (SSSR count). The number of unbranched alkanes of at least 4 members (excludes halogenated alkanes) is 41. The molecule has 1 saturated heterocycles. The molecule has 0 aliphatic carbocycles. The number of carbonyl (C=O) groups is 1. The molecule has 0 aromatic carbocycles. The van der Waals surface area contributed by atoms with Crippen LogP contribution in [0.25, 0.3) is 0 Å². The van der Waals surface area contributed by atoms with Gasteiger partial charge in [-0.1, -0.05) is 343 Å². The van der Waals surface area contributed by atoms with Crippen molar-refractivity contribution in [3.8, 4) is 0 Å². The predicted octanol–water partition coefficient (Wildman–Crippen LogP) is 20.1. The first-order chi connectivity index (χ1) is 41.8. The minimum atomic E-state index is -1.57. The normalized spacial score (nSPS) is 18.6. The first-order valence-corrected chi connectivity index (χ1v) is 36.3. The number of hydrogen-bond donors (Lipinski definition) is 6. The van der Waals surface area contributed by atoms with Crippen molar-refractivity contribution in [3.05, 3.63) is 85.1 Å². The van der Waals surface area contributed by atoms with Gasteiger partial charge < -0.3 is 40.3 Å². The van der Waals surface area contributed by atoms with Gasteiger partial charge in [0.25, 0.3) is 0 Å². The number of carbonyl (C=O) groups excluding carboxylic acids is 1. The predicted molar refractivity (Wildman–Crippen MR) is 364 cm³/mol. The summed E-state index contributed by atoms with van der Waals surface area (Å²) in [5.41, 5.74) is 0. The molecule has 0 radical (unpaired) electrons. The van der Waals surface area contributed by atoms with Crippen LogP contribution in [0.4, 0.5) is 0 Å². The molecule has 0 aromatic heterocycles. The number of rotatable bonds is 63. The number of aliphatic hydroxyl groups is 5. The van der Waals surface area contributed by atoms with Gasteiger partial charge in [0.1, 0.15) is 24.4 Å². The first kappa shape index (κ1) is 80.4. The minimum Gasteiger partial charge on any atom is -0.394 e. The maximum atomic E-state index is 13.1. The van der Waals surface area contributed by atoms with Crippen LogP contribution in [0.1, 0.15) is 335 Å². The number of aliphatic hydroxyl groups excluding tert-OH is 5. The average molecular weight is 1190 g/mol. The number of hydrogen-bond acceptors (Lipinski definition) is 8. The molecular weight excluding hydrogens is 1050 g/mol. The summed E-state index contributed by atoms with van der Waals surface area (Å²) in [6, 6.07) is -0.808. The number of amides is 1. The fourth-order valence-corrected chi connectivity index (χ4v) is 11.3. The van der Waals surface area contributed by atoms with Gasteiger partial charge in [-0.05, 0) is 70.6 Å². The lowest BCUT2D eigenvalue weighted by Gasteiger charge is -2.40. The number of allylic oxidation sites excluding steroid dienone is 13. The summed E-state index contributed by atoms with van der Waals surface area (Å²) in [6.07, 6.45) is 85.5. The second-order valence-electron chi connectivity index (χ2n) is 25.0. The van der Waals surface area contributed by atoms with E-state index in [1.54, 1.807) is 6.08 Å². The van der Waals surface area contributed by atoms with Crippen molar-refractivity contribution in [3.63, 3.8) is 0 Å². The molecule has 1 fully saturated rings. The Morgan fingerprint density at radius 1 is 0.412 bits per heavy atom. The summed E-state index contributed by atoms with van der Waals surface area (Å²) < 4.78 is 11.3. The first-order valence-electron chi connectivity index (χ1n) is 36.3. The van der Waals surface area contributed by atoms with Crippen LogP contribution < -0.4 is 5.32 Å². The Hall–Kier alpha value is -2.63. The Morgan fingerprint density at radius 2 is 0.729 bits per heavy atom. The molecule has 0 saturated carbocycles. The van der Waals surface area contributed by atoms with Gasteiger partial charge in [0.15, 0.2) is 6.29 Å². The zero-order valence-corrected chi connectivity index (χ0v) is 55.4. The maximum Gasteiger partial charge on any atom is 0.220 e. The van der Waals surface area contributed by atoms with Gasteiger partial charge in [-0.15, -0.1) is 0 Å². The second kappa shape index (κ2) is 64.4. The van der Waals surface area contributed by atoms with Crippen molar-refractivity contribution >= 4 is 5.91 Å². The zero-order chi connectivity index (χ0) is 61.4. The molecule has 7 atom stereocenters. The van der Waals surface area contributed by atoms with E-state index in [0.29, 0.717) is 6.42 Å². The van der Waals surface area contributed by atoms with Crippen LogP contribution in [0.5, 0.6) is 0 Å². The molecule has 0 bridgehead atoms. The van der Waals surface area contributed by atoms with E-state index in [1.807, 2.05) is 6.08 Å². The summed E-state index contributed by atoms with van der Waals surface area (Å²) in [7, 11) is 0. The standard InChI is InChI=1S/C76H137NO8/c1-3-5-7-9-11-13-15-17-19-21-23-25-27-28-29-30-31-32-33-34-35-36-37-38-39-40-41-42-44-46-48-50-52-54-56-58-60-62-64-66-72(80)77-69(68-84-76-75(83)74(82)73(81)71(67-78)85-76)70(79)65-63-61-59-57-55-53-51-49-47-45-43-26-24-22-20-18-16-14-12-10-8-6-4-2/h5,7,11,13,17,19,23,25,28-29,31-32,63,65,69-71,73-76,78-79,81-83H,3-4,6,8-10,12,14-16,18,20-22,24,26-27,30,33-62,64,66-68H2,1-2H3,(H,77,80)/b7-5-,13-11-,19-17-,25-23-,29-28-,32-31-,65-63+. The van der Waals surface area contributed by atoms with Gasteiger partial charge in [-0.3, -0.25) is 4.79 Å². The lowest BCUT2D eigenvalue weighted by molar-refractivity contribution is -0.302. The lowest BCUT2D eigenvalue weighted by Crippen LogP contribution is -2.60. The lowest BCUT2D eigenvalue weighted by atomic mass is 9.99. The molecule has 85 heavy (non-hydrogen) atoms. The summed E-state index contributed by atoms with van der Waals surface area (Å²) in [5.74, 6) is -0.172. The van der Waals surface area contributed by atoms with Gasteiger partial charge >= 0.3 is 0 Å². The molecule has 6 N–H and O–H groups in total. The molecule has 0 aromatic rings. The highest BCUT2D eigenvalue weighted by Gasteiger charge is 2.44. The van der Waals surface area contributed by atoms with Gasteiger partial charge in [-0.2, -0.15) is 0 Å². The molecule has 1 aliphatic rings. The van der Waals surface area contributed by atoms with Gasteiger partial charge in [-0.25, -0.2) is 0 Å². The minimum absolute atomic E-state index is 0.172. The largest absolute Gasteiger partial charge is 0.394 e. The molecule has 1 aliphatic heterocycles. The van der Waals surface area contributed by atoms with E-state index in [0.717, 1.165) is 77.0 Å². The molecule has 9 nitrogen and oxygen atoms in total. The fraction of sp³-hybridized carbons (Fsp3) is 0.803. The Bertz CT molecular complexity index is 1620. The quantitative estimate of drug-likeness (QED) is 0.0261. The topological polar surface area (TPSA) is 149 Å². The second-order valence-corrected chi connectivity index (χ2v) is 25.0. The molecule has 0 spiro atoms. The molecule has 7 unspecified atom stereocenters. The highest BCUT2D eigenvalue weighted by molar-refractivity contribution is 5.76. The van der Waals surface area contributed by atoms with Crippen LogP contribution in [0.15, 0.2) is 85.1 Å². The van der Waals surface area contributed by atoms with Gasteiger partial charge in [0.2, 0.25) is 5.91 Å². The van der Waals surface area contributed by atoms with Crippen molar-refractivity contribution in [1.82, 2.24) is 5.32 Å². The molecule has 9 heteroatoms. The van der Waals surface area contributed by atoms with E-state index < -0.39 is 49.5 Å². The fourth-order valence-electron chi connectivity index (χ4n) is 11.3. The average Bonchev–Trinajstić information content (AvgIpc) is 3.66. The molecule has 1 heterocycles. The molecule has 1 amide bonds. The van der Waals surface area contributed by atoms with E-state index in [2.05, 4.69) is 92.1 Å². The van der Waals surface area contributed by atoms with Crippen molar-refractivity contribution < 1.29 is 39.8 Å². The van der Waals surface area contributed by atoms with Gasteiger partial charge in [0, 0.05) is 6.42 Å². The van der Waals surface area contributed by atoms with Crippen LogP contribution in [0.2, 0.25) is 0 Å². The summed E-state index contributed by atoms with van der Waals surface area (Å²) in [4.78, 5) is 13.1. The summed E-state index contributed by atoms with van der Waals surface area (Å²) >= 11 is 0. The highest BCUT2D eigenvalue weighted by Crippen LogP contribution is 2.23. The highest BCUT2D eigenvalue weighted by atomic mass is 16.7. The van der Waals surface area contributed by atoms with E-state index >= 15 is 0 Å². The Labute approximate surface area is 524 Å². The van der Waals surface area contributed by atoms with Crippen molar-refractivity contribution in [2.45, 2.75) is 378 Å². The summed E-state index contributed by atoms with van der Waals surface area (Å²) in [6.45, 7) is 3.70. The third-order valence-electron chi connectivity index (χ3n) is 17.0. The van der Waals surface area contributed by atoms with Crippen LogP contribution in [-0.2, 0) is 14.3 Å². The smallest absolute Gasteiger partial charge is 0.220 e. The van der Waals surface area contributed by atoms with E-state index in [9.17, 15) is 30.3 Å². The molecule has 494 valence electrons. The van der Waals surface area contributed by atoms with Crippen molar-refractivity contribution in [2.75, 3.05) is 13.2 Å². The zero-order valence-electron chi connectivity index (χ0n) is 55.4. The van der Waals surface area contributed by atoms with E-state index in [4.69, 9.17) is 9.47 Å². The molecular formula is C76H137NO8. The van der Waals surface area contributed by atoms with E-state index in [-0.39, 0.29) is 12.5 Å². The van der Waals surface area contributed by atoms with Crippen LogP contribution in [0.3, 0.4) is 0 Å². The maximum absolute atomic E-state index is 13.1. The van der Waals surface area contributed by atoms with Crippen LogP contribution >= 0.6 is 0 Å². The van der Waals surface area contributed by atoms with Crippen LogP contribution in [0, 0.1) is 0 Å². The third-order valence-corrected chi connectivity index (χ3v) is 17.0. The number of nitrogens with one attached hydrogen (secondary N) is 1. The van der Waals surface area contributed by atoms with Gasteiger partial charge in [0.05, 0.1) is 25.4 Å². The van der Waals surface area contributed by atoms with Crippen molar-refractivity contribution in [1.29, 1.82) is 0 Å². The Balaban J connectivity index is 2.09. The SMILES string of the molecule is CC/C=C\C/C=C\C/C=C\C/C=C\C/C=C\C/C=C\CCCCCCCCCCCCCCCCCCCCCCC(=O)NC(COC1OC(CO)C(O)C(O)C1O)C(O)/C=C/CCCCCCCCCCCCCCCCCCCCCCC. The summed E-state index contributed by atoms with van der Waals surface area (Å²) in [5, 5.41) is 54.8. The van der Waals surface area contributed by atoms with E-state index in [1.165, 1.54) is 238 Å². The third kappa shape index (κ3) is 53.0. The Kier molecular flexibility index (Phi) is 60.9. The van der Waals surface area contributed by atoms with Crippen LogP contribution in [-0.4, -0.2) is 87.5 Å².